The van der Waals surface area contributed by atoms with Gasteiger partial charge in [0.05, 0.1) is 11.5 Å². The van der Waals surface area contributed by atoms with E-state index in [1.54, 1.807) is 17.0 Å². The number of piperidine rings is 1. The second-order valence-electron chi connectivity index (χ2n) is 7.61. The van der Waals surface area contributed by atoms with Crippen LogP contribution in [0, 0.1) is 0 Å². The average molecular weight is 395 g/mol. The lowest BCUT2D eigenvalue weighted by Crippen LogP contribution is -2.50. The number of ether oxygens (including phenoxy) is 1. The lowest BCUT2D eigenvalue weighted by molar-refractivity contribution is -0.143. The molecule has 1 aromatic rings. The zero-order chi connectivity index (χ0) is 19.4. The third-order valence-electron chi connectivity index (χ3n) is 5.72. The molecule has 148 valence electrons. The van der Waals surface area contributed by atoms with Crippen LogP contribution in [0.1, 0.15) is 56.4 Å². The molecule has 0 spiro atoms. The maximum atomic E-state index is 13.4. The molecule has 1 saturated carbocycles. The average Bonchev–Trinajstić information content (AvgIpc) is 2.62. The molecule has 0 radical (unpaired) electrons. The van der Waals surface area contributed by atoms with Crippen molar-refractivity contribution in [1.82, 2.24) is 4.90 Å². The molecule has 1 atom stereocenters. The first-order chi connectivity index (χ1) is 12.9. The van der Waals surface area contributed by atoms with E-state index in [9.17, 15) is 14.7 Å². The third kappa shape index (κ3) is 4.74. The highest BCUT2D eigenvalue weighted by molar-refractivity contribution is 6.30. The van der Waals surface area contributed by atoms with Gasteiger partial charge in [0.15, 0.2) is 0 Å². The van der Waals surface area contributed by atoms with E-state index < -0.39 is 17.6 Å². The van der Waals surface area contributed by atoms with E-state index in [1.165, 1.54) is 0 Å². The summed E-state index contributed by atoms with van der Waals surface area (Å²) in [4.78, 5) is 26.1. The molecule has 2 amide bonds. The first-order valence-corrected chi connectivity index (χ1v) is 9.99. The van der Waals surface area contributed by atoms with Crippen LogP contribution >= 0.6 is 11.6 Å². The number of nitrogens with two attached hydrogens (primary N) is 1. The fourth-order valence-electron chi connectivity index (χ4n) is 4.36. The number of amides is 2. The van der Waals surface area contributed by atoms with E-state index in [2.05, 4.69) is 0 Å². The van der Waals surface area contributed by atoms with Crippen LogP contribution < -0.4 is 5.73 Å². The summed E-state index contributed by atoms with van der Waals surface area (Å²) in [6.45, 7) is 0.952. The fraction of sp³-hybridized carbons (Fsp3) is 0.600. The Kier molecular flexibility index (Phi) is 6.27. The number of hydrogen-bond acceptors (Lipinski definition) is 4. The van der Waals surface area contributed by atoms with Crippen LogP contribution in [0.4, 0.5) is 4.79 Å². The Labute approximate surface area is 164 Å². The molecule has 1 aliphatic heterocycles. The molecule has 27 heavy (non-hydrogen) atoms. The van der Waals surface area contributed by atoms with Crippen LogP contribution in [0.25, 0.3) is 0 Å². The SMILES string of the molecule is NC(=O)OC1CCN(C(=O)C(c2cccc(Cl)c2)C2(O)CCCCC2)CC1. The molecule has 7 heteroatoms. The minimum Gasteiger partial charge on any atom is -0.446 e. The number of nitrogens with zero attached hydrogens (tertiary/aromatic N) is 1. The molecule has 0 bridgehead atoms. The Morgan fingerprint density at radius 1 is 1.22 bits per heavy atom. The van der Waals surface area contributed by atoms with Crippen molar-refractivity contribution in [1.29, 1.82) is 0 Å². The van der Waals surface area contributed by atoms with E-state index in [0.717, 1.165) is 24.8 Å². The zero-order valence-corrected chi connectivity index (χ0v) is 16.2. The molecule has 1 heterocycles. The Hall–Kier alpha value is -1.79. The lowest BCUT2D eigenvalue weighted by Gasteiger charge is -2.42. The second-order valence-corrected chi connectivity index (χ2v) is 8.05. The molecule has 0 aromatic heterocycles. The van der Waals surface area contributed by atoms with Crippen LogP contribution in [0.2, 0.25) is 5.02 Å². The van der Waals surface area contributed by atoms with Gasteiger partial charge in [0.2, 0.25) is 5.91 Å². The number of likely N-dealkylation sites (tertiary alicyclic amines) is 1. The van der Waals surface area contributed by atoms with Crippen molar-refractivity contribution in [3.05, 3.63) is 34.9 Å². The van der Waals surface area contributed by atoms with Crippen molar-refractivity contribution in [3.63, 3.8) is 0 Å². The molecule has 1 saturated heterocycles. The lowest BCUT2D eigenvalue weighted by atomic mass is 9.72. The number of halogens is 1. The monoisotopic (exact) mass is 394 g/mol. The van der Waals surface area contributed by atoms with Gasteiger partial charge in [0, 0.05) is 31.0 Å². The predicted octanol–water partition coefficient (Wildman–Crippen LogP) is 3.21. The number of benzene rings is 1. The number of aliphatic hydroxyl groups is 1. The Balaban J connectivity index is 1.80. The normalized spacial score (nSPS) is 21.5. The molecular weight excluding hydrogens is 368 g/mol. The minimum atomic E-state index is -1.05. The number of hydrogen-bond donors (Lipinski definition) is 2. The highest BCUT2D eigenvalue weighted by atomic mass is 35.5. The van der Waals surface area contributed by atoms with Gasteiger partial charge in [-0.15, -0.1) is 0 Å². The fourth-order valence-corrected chi connectivity index (χ4v) is 4.56. The number of rotatable bonds is 4. The topological polar surface area (TPSA) is 92.9 Å². The largest absolute Gasteiger partial charge is 0.446 e. The zero-order valence-electron chi connectivity index (χ0n) is 15.4. The number of primary amides is 1. The van der Waals surface area contributed by atoms with Gasteiger partial charge in [-0.05, 0) is 30.5 Å². The van der Waals surface area contributed by atoms with Crippen molar-refractivity contribution in [3.8, 4) is 0 Å². The number of carbonyl (C=O) groups is 2. The molecule has 2 aliphatic rings. The third-order valence-corrected chi connectivity index (χ3v) is 5.96. The standard InChI is InChI=1S/C20H27ClN2O4/c21-15-6-4-5-14(13-15)17(20(26)9-2-1-3-10-20)18(24)23-11-7-16(8-12-23)27-19(22)25/h4-6,13,16-17,26H,1-3,7-12H2,(H2,22,25). The molecule has 1 unspecified atom stereocenters. The van der Waals surface area contributed by atoms with Gasteiger partial charge in [0.25, 0.3) is 0 Å². The summed E-state index contributed by atoms with van der Waals surface area (Å²) in [7, 11) is 0. The number of carbonyl (C=O) groups excluding carboxylic acids is 2. The summed E-state index contributed by atoms with van der Waals surface area (Å²) >= 11 is 6.16. The van der Waals surface area contributed by atoms with Gasteiger partial charge in [-0.3, -0.25) is 4.79 Å². The Bertz CT molecular complexity index is 682. The van der Waals surface area contributed by atoms with Crippen LogP contribution in [0.15, 0.2) is 24.3 Å². The molecular formula is C20H27ClN2O4. The van der Waals surface area contributed by atoms with Gasteiger partial charge >= 0.3 is 6.09 Å². The predicted molar refractivity (Wildman–Crippen MR) is 102 cm³/mol. The quantitative estimate of drug-likeness (QED) is 0.820. The van der Waals surface area contributed by atoms with Crippen LogP contribution in [0.3, 0.4) is 0 Å². The second kappa shape index (κ2) is 8.48. The highest BCUT2D eigenvalue weighted by Crippen LogP contribution is 2.42. The summed E-state index contributed by atoms with van der Waals surface area (Å²) in [5, 5.41) is 11.9. The van der Waals surface area contributed by atoms with Crippen molar-refractivity contribution >= 4 is 23.6 Å². The van der Waals surface area contributed by atoms with E-state index in [1.807, 2.05) is 12.1 Å². The van der Waals surface area contributed by atoms with Crippen LogP contribution in [0.5, 0.6) is 0 Å². The molecule has 3 rings (SSSR count). The smallest absolute Gasteiger partial charge is 0.404 e. The van der Waals surface area contributed by atoms with Crippen molar-refractivity contribution < 1.29 is 19.4 Å². The van der Waals surface area contributed by atoms with Crippen LogP contribution in [-0.4, -0.2) is 46.8 Å². The summed E-state index contributed by atoms with van der Waals surface area (Å²) in [5.41, 5.74) is 4.79. The van der Waals surface area contributed by atoms with E-state index >= 15 is 0 Å². The Morgan fingerprint density at radius 3 is 2.48 bits per heavy atom. The summed E-state index contributed by atoms with van der Waals surface area (Å²) in [6.07, 6.45) is 4.18. The van der Waals surface area contributed by atoms with Gasteiger partial charge in [-0.2, -0.15) is 0 Å². The van der Waals surface area contributed by atoms with Crippen LogP contribution in [-0.2, 0) is 9.53 Å². The van der Waals surface area contributed by atoms with E-state index in [4.69, 9.17) is 22.1 Å². The van der Waals surface area contributed by atoms with Gasteiger partial charge in [0.1, 0.15) is 6.10 Å². The summed E-state index contributed by atoms with van der Waals surface area (Å²) in [5.74, 6) is -0.718. The molecule has 6 nitrogen and oxygen atoms in total. The highest BCUT2D eigenvalue weighted by Gasteiger charge is 2.45. The first kappa shape index (κ1) is 20.0. The maximum absolute atomic E-state index is 13.4. The molecule has 2 fully saturated rings. The van der Waals surface area contributed by atoms with Crippen molar-refractivity contribution in [2.75, 3.05) is 13.1 Å². The Morgan fingerprint density at radius 2 is 1.89 bits per heavy atom. The van der Waals surface area contributed by atoms with Gasteiger partial charge in [-0.25, -0.2) is 4.79 Å². The summed E-state index contributed by atoms with van der Waals surface area (Å²) in [6, 6.07) is 7.23. The first-order valence-electron chi connectivity index (χ1n) is 9.62. The van der Waals surface area contributed by atoms with E-state index in [-0.39, 0.29) is 12.0 Å². The molecule has 3 N–H and O–H groups in total. The van der Waals surface area contributed by atoms with Gasteiger partial charge < -0.3 is 20.5 Å². The van der Waals surface area contributed by atoms with Gasteiger partial charge in [-0.1, -0.05) is 43.0 Å². The molecule has 1 aromatic carbocycles. The van der Waals surface area contributed by atoms with Crippen molar-refractivity contribution in [2.24, 2.45) is 5.73 Å². The van der Waals surface area contributed by atoms with E-state index in [0.29, 0.717) is 43.8 Å². The molecule has 1 aliphatic carbocycles. The minimum absolute atomic E-state index is 0.0841. The summed E-state index contributed by atoms with van der Waals surface area (Å²) < 4.78 is 5.05. The maximum Gasteiger partial charge on any atom is 0.404 e. The van der Waals surface area contributed by atoms with Crippen molar-refractivity contribution in [2.45, 2.75) is 62.6 Å².